The van der Waals surface area contributed by atoms with E-state index in [0.29, 0.717) is 5.56 Å². The Morgan fingerprint density at radius 1 is 1.09 bits per heavy atom. The standard InChI is InChI=1S/C18H19NO3/c20-17(22-13-14-7-3-1-4-8-14)19-18(21,16-11-12-16)15-9-5-2-6-10-15/h1-10,16,21H,11-13H2,(H,19,20). The normalized spacial score (nSPS) is 16.6. The minimum absolute atomic E-state index is 0.0409. The minimum Gasteiger partial charge on any atom is -0.445 e. The molecule has 22 heavy (non-hydrogen) atoms. The van der Waals surface area contributed by atoms with Crippen LogP contribution in [0.15, 0.2) is 60.7 Å². The molecule has 4 nitrogen and oxygen atoms in total. The first kappa shape index (κ1) is 14.6. The van der Waals surface area contributed by atoms with Crippen LogP contribution < -0.4 is 5.32 Å². The first-order chi connectivity index (χ1) is 10.7. The van der Waals surface area contributed by atoms with Crippen molar-refractivity contribution in [2.45, 2.75) is 25.2 Å². The first-order valence-corrected chi connectivity index (χ1v) is 7.45. The number of benzene rings is 2. The number of ether oxygens (including phenoxy) is 1. The van der Waals surface area contributed by atoms with Crippen LogP contribution in [-0.4, -0.2) is 11.2 Å². The number of hydrogen-bond donors (Lipinski definition) is 2. The molecule has 1 unspecified atom stereocenters. The van der Waals surface area contributed by atoms with E-state index in [1.165, 1.54) is 0 Å². The molecule has 2 aromatic carbocycles. The van der Waals surface area contributed by atoms with E-state index in [1.54, 1.807) is 0 Å². The minimum atomic E-state index is -1.35. The molecule has 1 amide bonds. The highest BCUT2D eigenvalue weighted by molar-refractivity contribution is 5.68. The van der Waals surface area contributed by atoms with E-state index in [1.807, 2.05) is 60.7 Å². The fraction of sp³-hybridized carbons (Fsp3) is 0.278. The van der Waals surface area contributed by atoms with Crippen LogP contribution in [0.5, 0.6) is 0 Å². The molecule has 3 rings (SSSR count). The van der Waals surface area contributed by atoms with E-state index in [0.717, 1.165) is 18.4 Å². The SMILES string of the molecule is O=C(NC(O)(c1ccccc1)C1CC1)OCc1ccccc1. The lowest BCUT2D eigenvalue weighted by atomic mass is 9.98. The quantitative estimate of drug-likeness (QED) is 0.833. The van der Waals surface area contributed by atoms with Crippen LogP contribution in [0.2, 0.25) is 0 Å². The summed E-state index contributed by atoms with van der Waals surface area (Å²) in [6.07, 6.45) is 1.18. The highest BCUT2D eigenvalue weighted by Crippen LogP contribution is 2.44. The molecule has 1 aliphatic rings. The molecule has 1 fully saturated rings. The van der Waals surface area contributed by atoms with Crippen molar-refractivity contribution >= 4 is 6.09 Å². The number of aliphatic hydroxyl groups is 1. The van der Waals surface area contributed by atoms with Gasteiger partial charge in [-0.05, 0) is 18.4 Å². The lowest BCUT2D eigenvalue weighted by molar-refractivity contribution is -0.0221. The molecule has 0 radical (unpaired) electrons. The van der Waals surface area contributed by atoms with Crippen LogP contribution in [0, 0.1) is 5.92 Å². The third-order valence-corrected chi connectivity index (χ3v) is 3.89. The number of nitrogens with one attached hydrogen (secondary N) is 1. The first-order valence-electron chi connectivity index (χ1n) is 7.45. The predicted molar refractivity (Wildman–Crippen MR) is 82.8 cm³/mol. The van der Waals surface area contributed by atoms with E-state index < -0.39 is 11.8 Å². The second-order valence-corrected chi connectivity index (χ2v) is 5.59. The van der Waals surface area contributed by atoms with Gasteiger partial charge in [0.2, 0.25) is 0 Å². The van der Waals surface area contributed by atoms with Crippen LogP contribution >= 0.6 is 0 Å². The zero-order valence-electron chi connectivity index (χ0n) is 12.2. The smallest absolute Gasteiger partial charge is 0.409 e. The average molecular weight is 297 g/mol. The van der Waals surface area contributed by atoms with Crippen LogP contribution in [0.25, 0.3) is 0 Å². The summed E-state index contributed by atoms with van der Waals surface area (Å²) in [7, 11) is 0. The Morgan fingerprint density at radius 2 is 1.68 bits per heavy atom. The van der Waals surface area contributed by atoms with Gasteiger partial charge in [0.15, 0.2) is 5.72 Å². The van der Waals surface area contributed by atoms with Gasteiger partial charge in [0.25, 0.3) is 0 Å². The van der Waals surface area contributed by atoms with Crippen LogP contribution in [-0.2, 0) is 17.1 Å². The summed E-state index contributed by atoms with van der Waals surface area (Å²) in [4.78, 5) is 12.0. The Balaban J connectivity index is 1.65. The van der Waals surface area contributed by atoms with Crippen LogP contribution in [0.3, 0.4) is 0 Å². The van der Waals surface area contributed by atoms with Crippen molar-refractivity contribution < 1.29 is 14.6 Å². The molecule has 0 spiro atoms. The molecule has 0 aliphatic heterocycles. The maximum atomic E-state index is 12.0. The van der Waals surface area contributed by atoms with E-state index in [-0.39, 0.29) is 12.5 Å². The van der Waals surface area contributed by atoms with Gasteiger partial charge in [-0.2, -0.15) is 0 Å². The fourth-order valence-corrected chi connectivity index (χ4v) is 2.52. The Hall–Kier alpha value is -2.33. The topological polar surface area (TPSA) is 58.6 Å². The molecule has 2 N–H and O–H groups in total. The summed E-state index contributed by atoms with van der Waals surface area (Å²) in [6.45, 7) is 0.183. The zero-order valence-corrected chi connectivity index (χ0v) is 12.2. The number of carbonyl (C=O) groups excluding carboxylic acids is 1. The molecule has 0 saturated heterocycles. The van der Waals surface area contributed by atoms with E-state index in [4.69, 9.17) is 4.74 Å². The van der Waals surface area contributed by atoms with Gasteiger partial charge in [-0.25, -0.2) is 4.79 Å². The number of rotatable bonds is 5. The van der Waals surface area contributed by atoms with Crippen molar-refractivity contribution in [2.75, 3.05) is 0 Å². The highest BCUT2D eigenvalue weighted by Gasteiger charge is 2.46. The van der Waals surface area contributed by atoms with Gasteiger partial charge < -0.3 is 9.84 Å². The van der Waals surface area contributed by atoms with E-state index in [9.17, 15) is 9.90 Å². The predicted octanol–water partition coefficient (Wildman–Crippen LogP) is 3.17. The molecular weight excluding hydrogens is 278 g/mol. The van der Waals surface area contributed by atoms with Gasteiger partial charge in [-0.1, -0.05) is 60.7 Å². The Labute approximate surface area is 129 Å². The molecule has 4 heteroatoms. The number of amides is 1. The van der Waals surface area contributed by atoms with Crippen molar-refractivity contribution in [3.8, 4) is 0 Å². The van der Waals surface area contributed by atoms with Crippen molar-refractivity contribution in [3.63, 3.8) is 0 Å². The van der Waals surface area contributed by atoms with Gasteiger partial charge >= 0.3 is 6.09 Å². The summed E-state index contributed by atoms with van der Waals surface area (Å²) in [5.74, 6) is 0.0409. The maximum absolute atomic E-state index is 12.0. The molecule has 1 atom stereocenters. The third-order valence-electron chi connectivity index (χ3n) is 3.89. The fourth-order valence-electron chi connectivity index (χ4n) is 2.52. The summed E-state index contributed by atoms with van der Waals surface area (Å²) >= 11 is 0. The largest absolute Gasteiger partial charge is 0.445 e. The van der Waals surface area contributed by atoms with E-state index >= 15 is 0 Å². The monoisotopic (exact) mass is 297 g/mol. The molecule has 0 bridgehead atoms. The Kier molecular flexibility index (Phi) is 4.11. The molecular formula is C18H19NO3. The van der Waals surface area contributed by atoms with E-state index in [2.05, 4.69) is 5.32 Å². The van der Waals surface area contributed by atoms with Crippen molar-refractivity contribution in [1.82, 2.24) is 5.32 Å². The Bertz CT molecular complexity index is 625. The van der Waals surface area contributed by atoms with Gasteiger partial charge in [0.05, 0.1) is 0 Å². The summed E-state index contributed by atoms with van der Waals surface area (Å²) in [6, 6.07) is 18.7. The van der Waals surface area contributed by atoms with Gasteiger partial charge in [-0.15, -0.1) is 0 Å². The average Bonchev–Trinajstić information content (AvgIpc) is 3.40. The number of alkyl carbamates (subject to hydrolysis) is 1. The van der Waals surface area contributed by atoms with Crippen molar-refractivity contribution in [3.05, 3.63) is 71.8 Å². The highest BCUT2D eigenvalue weighted by atomic mass is 16.6. The molecule has 2 aromatic rings. The molecule has 0 heterocycles. The summed E-state index contributed by atoms with van der Waals surface area (Å²) in [5.41, 5.74) is 0.246. The molecule has 114 valence electrons. The number of carbonyl (C=O) groups is 1. The number of hydrogen-bond acceptors (Lipinski definition) is 3. The summed E-state index contributed by atoms with van der Waals surface area (Å²) < 4.78 is 5.21. The van der Waals surface area contributed by atoms with Gasteiger partial charge in [0, 0.05) is 11.5 Å². The molecule has 0 aromatic heterocycles. The second kappa shape index (κ2) is 6.20. The van der Waals surface area contributed by atoms with Gasteiger partial charge in [-0.3, -0.25) is 5.32 Å². The second-order valence-electron chi connectivity index (χ2n) is 5.59. The third kappa shape index (κ3) is 3.28. The maximum Gasteiger partial charge on any atom is 0.409 e. The van der Waals surface area contributed by atoms with Crippen molar-refractivity contribution in [2.24, 2.45) is 5.92 Å². The lowest BCUT2D eigenvalue weighted by Crippen LogP contribution is -2.47. The molecule has 1 aliphatic carbocycles. The van der Waals surface area contributed by atoms with Crippen LogP contribution in [0.1, 0.15) is 24.0 Å². The van der Waals surface area contributed by atoms with Gasteiger partial charge in [0.1, 0.15) is 6.61 Å². The lowest BCUT2D eigenvalue weighted by Gasteiger charge is -2.29. The van der Waals surface area contributed by atoms with Crippen molar-refractivity contribution in [1.29, 1.82) is 0 Å². The van der Waals surface area contributed by atoms with Crippen LogP contribution in [0.4, 0.5) is 4.79 Å². The summed E-state index contributed by atoms with van der Waals surface area (Å²) in [5, 5.41) is 13.5. The zero-order chi connectivity index (χ0) is 15.4. The Morgan fingerprint density at radius 3 is 2.27 bits per heavy atom. The molecule has 1 saturated carbocycles.